The molecule has 1 aromatic rings. The molecule has 3 amide bonds. The monoisotopic (exact) mass is 375 g/mol. The van der Waals surface area contributed by atoms with Crippen molar-refractivity contribution in [3.8, 4) is 0 Å². The van der Waals surface area contributed by atoms with Crippen molar-refractivity contribution in [3.05, 3.63) is 30.3 Å². The molecule has 1 aromatic carbocycles. The molecule has 148 valence electrons. The number of hydrogen-bond donors (Lipinski definition) is 1. The van der Waals surface area contributed by atoms with Crippen LogP contribution in [0.15, 0.2) is 30.3 Å². The lowest BCUT2D eigenvalue weighted by Gasteiger charge is -2.30. The molecule has 0 aromatic heterocycles. The molecule has 27 heavy (non-hydrogen) atoms. The van der Waals surface area contributed by atoms with Crippen LogP contribution in [0.4, 0.5) is 10.5 Å². The molecule has 1 heterocycles. The molecule has 0 aliphatic carbocycles. The van der Waals surface area contributed by atoms with Crippen LogP contribution in [0.3, 0.4) is 0 Å². The zero-order valence-electron chi connectivity index (χ0n) is 16.7. The van der Waals surface area contributed by atoms with Crippen molar-refractivity contribution >= 4 is 23.6 Å². The van der Waals surface area contributed by atoms with E-state index in [-0.39, 0.29) is 17.9 Å². The van der Waals surface area contributed by atoms with Gasteiger partial charge in [-0.1, -0.05) is 18.2 Å². The van der Waals surface area contributed by atoms with E-state index in [4.69, 9.17) is 4.74 Å². The summed E-state index contributed by atoms with van der Waals surface area (Å²) >= 11 is 0. The lowest BCUT2D eigenvalue weighted by Crippen LogP contribution is -2.50. The zero-order chi connectivity index (χ0) is 20.2. The van der Waals surface area contributed by atoms with Gasteiger partial charge in [0.15, 0.2) is 0 Å². The van der Waals surface area contributed by atoms with Gasteiger partial charge in [0.2, 0.25) is 11.8 Å². The first kappa shape index (κ1) is 20.7. The maximum Gasteiger partial charge on any atom is 0.407 e. The maximum atomic E-state index is 12.9. The van der Waals surface area contributed by atoms with E-state index in [9.17, 15) is 14.4 Å². The van der Waals surface area contributed by atoms with Crippen LogP contribution >= 0.6 is 0 Å². The molecule has 1 aliphatic heterocycles. The Kier molecular flexibility index (Phi) is 6.46. The zero-order valence-corrected chi connectivity index (χ0v) is 16.7. The van der Waals surface area contributed by atoms with Crippen LogP contribution < -0.4 is 10.2 Å². The van der Waals surface area contributed by atoms with Crippen molar-refractivity contribution in [1.82, 2.24) is 10.2 Å². The summed E-state index contributed by atoms with van der Waals surface area (Å²) < 4.78 is 5.23. The van der Waals surface area contributed by atoms with Gasteiger partial charge in [0.25, 0.3) is 0 Å². The topological polar surface area (TPSA) is 79.0 Å². The second-order valence-corrected chi connectivity index (χ2v) is 7.92. The van der Waals surface area contributed by atoms with E-state index in [1.165, 1.54) is 0 Å². The molecule has 2 rings (SSSR count). The van der Waals surface area contributed by atoms with Gasteiger partial charge in [0.05, 0.1) is 0 Å². The number of nitrogens with one attached hydrogen (secondary N) is 1. The van der Waals surface area contributed by atoms with Crippen molar-refractivity contribution in [1.29, 1.82) is 0 Å². The second kappa shape index (κ2) is 8.41. The first-order chi connectivity index (χ1) is 12.6. The summed E-state index contributed by atoms with van der Waals surface area (Å²) in [5.41, 5.74) is 0.151. The normalized spacial score (nSPS) is 18.2. The number of carbonyl (C=O) groups excluding carboxylic acids is 3. The van der Waals surface area contributed by atoms with Gasteiger partial charge in [-0.25, -0.2) is 4.79 Å². The molecule has 1 N–H and O–H groups in total. The standard InChI is InChI=1S/C20H29N3O4/c1-14(21-19(26)27-20(2,3)4)13-22(5)18(25)16-11-12-17(24)23(16)15-9-7-6-8-10-15/h6-10,14,16H,11-13H2,1-5H3,(H,21,26). The van der Waals surface area contributed by atoms with E-state index in [1.54, 1.807) is 37.6 Å². The number of rotatable bonds is 5. The van der Waals surface area contributed by atoms with Gasteiger partial charge in [-0.15, -0.1) is 0 Å². The summed E-state index contributed by atoms with van der Waals surface area (Å²) in [4.78, 5) is 40.2. The fourth-order valence-electron chi connectivity index (χ4n) is 3.14. The Hall–Kier alpha value is -2.57. The smallest absolute Gasteiger partial charge is 0.407 e. The first-order valence-electron chi connectivity index (χ1n) is 9.20. The number of amides is 3. The lowest BCUT2D eigenvalue weighted by molar-refractivity contribution is -0.132. The van der Waals surface area contributed by atoms with Gasteiger partial charge < -0.3 is 15.0 Å². The Balaban J connectivity index is 1.97. The minimum atomic E-state index is -0.577. The van der Waals surface area contributed by atoms with Crippen LogP contribution in [-0.2, 0) is 14.3 Å². The molecule has 2 atom stereocenters. The molecule has 7 heteroatoms. The van der Waals surface area contributed by atoms with Crippen molar-refractivity contribution in [2.75, 3.05) is 18.5 Å². The van der Waals surface area contributed by atoms with E-state index >= 15 is 0 Å². The Bertz CT molecular complexity index is 684. The molecule has 0 spiro atoms. The first-order valence-corrected chi connectivity index (χ1v) is 9.20. The summed E-state index contributed by atoms with van der Waals surface area (Å²) in [5, 5.41) is 2.73. The molecule has 2 unspecified atom stereocenters. The summed E-state index contributed by atoms with van der Waals surface area (Å²) in [6, 6.07) is 8.43. The number of anilines is 1. The van der Waals surface area contributed by atoms with E-state index in [2.05, 4.69) is 5.32 Å². The lowest BCUT2D eigenvalue weighted by atomic mass is 10.1. The SMILES string of the molecule is CC(CN(C)C(=O)C1CCC(=O)N1c1ccccc1)NC(=O)OC(C)(C)C. The third-order valence-electron chi connectivity index (χ3n) is 4.22. The summed E-state index contributed by atoms with van der Waals surface area (Å²) in [7, 11) is 1.68. The highest BCUT2D eigenvalue weighted by Gasteiger charge is 2.38. The van der Waals surface area contributed by atoms with Crippen molar-refractivity contribution in [3.63, 3.8) is 0 Å². The Morgan fingerprint density at radius 2 is 1.93 bits per heavy atom. The van der Waals surface area contributed by atoms with Crippen molar-refractivity contribution in [2.45, 2.75) is 58.2 Å². The number of ether oxygens (including phenoxy) is 1. The average molecular weight is 375 g/mol. The van der Waals surface area contributed by atoms with Crippen molar-refractivity contribution in [2.24, 2.45) is 0 Å². The van der Waals surface area contributed by atoms with Gasteiger partial charge in [-0.3, -0.25) is 14.5 Å². The number of hydrogen-bond acceptors (Lipinski definition) is 4. The maximum absolute atomic E-state index is 12.9. The fourth-order valence-corrected chi connectivity index (χ4v) is 3.14. The van der Waals surface area contributed by atoms with Crippen molar-refractivity contribution < 1.29 is 19.1 Å². The third-order valence-corrected chi connectivity index (χ3v) is 4.22. The number of alkyl carbamates (subject to hydrolysis) is 1. The van der Waals surface area contributed by atoms with E-state index < -0.39 is 17.7 Å². The highest BCUT2D eigenvalue weighted by molar-refractivity contribution is 6.03. The molecular weight excluding hydrogens is 346 g/mol. The Morgan fingerprint density at radius 1 is 1.30 bits per heavy atom. The van der Waals surface area contributed by atoms with Crippen LogP contribution in [-0.4, -0.2) is 54.1 Å². The Morgan fingerprint density at radius 3 is 2.52 bits per heavy atom. The number of likely N-dealkylation sites (N-methyl/N-ethyl adjacent to an activating group) is 1. The van der Waals surface area contributed by atoms with Crippen LogP contribution in [0.25, 0.3) is 0 Å². The summed E-state index contributed by atoms with van der Waals surface area (Å²) in [5.74, 6) is -0.185. The number of nitrogens with zero attached hydrogens (tertiary/aromatic N) is 2. The number of benzene rings is 1. The van der Waals surface area contributed by atoms with E-state index in [1.807, 2.05) is 37.3 Å². The molecule has 1 fully saturated rings. The van der Waals surface area contributed by atoms with Gasteiger partial charge in [0, 0.05) is 31.7 Å². The molecule has 0 saturated carbocycles. The van der Waals surface area contributed by atoms with Gasteiger partial charge in [0.1, 0.15) is 11.6 Å². The van der Waals surface area contributed by atoms with E-state index in [0.717, 1.165) is 5.69 Å². The summed E-state index contributed by atoms with van der Waals surface area (Å²) in [6.07, 6.45) is 0.327. The number of carbonyl (C=O) groups is 3. The quantitative estimate of drug-likeness (QED) is 0.858. The fraction of sp³-hybridized carbons (Fsp3) is 0.550. The molecule has 1 aliphatic rings. The highest BCUT2D eigenvalue weighted by atomic mass is 16.6. The highest BCUT2D eigenvalue weighted by Crippen LogP contribution is 2.27. The minimum absolute atomic E-state index is 0.0483. The predicted molar refractivity (Wildman–Crippen MR) is 103 cm³/mol. The average Bonchev–Trinajstić information content (AvgIpc) is 2.94. The second-order valence-electron chi connectivity index (χ2n) is 7.92. The van der Waals surface area contributed by atoms with Crippen LogP contribution in [0.2, 0.25) is 0 Å². The molecule has 0 radical (unpaired) electrons. The van der Waals surface area contributed by atoms with Crippen LogP contribution in [0, 0.1) is 0 Å². The Labute approximate surface area is 160 Å². The predicted octanol–water partition coefficient (Wildman–Crippen LogP) is 2.55. The molecular formula is C20H29N3O4. The molecule has 0 bridgehead atoms. The molecule has 1 saturated heterocycles. The van der Waals surface area contributed by atoms with Gasteiger partial charge >= 0.3 is 6.09 Å². The summed E-state index contributed by atoms with van der Waals surface area (Å²) in [6.45, 7) is 7.51. The number of para-hydroxylation sites is 1. The van der Waals surface area contributed by atoms with Gasteiger partial charge in [-0.05, 0) is 46.2 Å². The van der Waals surface area contributed by atoms with Crippen LogP contribution in [0.1, 0.15) is 40.5 Å². The minimum Gasteiger partial charge on any atom is -0.444 e. The van der Waals surface area contributed by atoms with Crippen LogP contribution in [0.5, 0.6) is 0 Å². The molecule has 7 nitrogen and oxygen atoms in total. The third kappa shape index (κ3) is 5.70. The van der Waals surface area contributed by atoms with Gasteiger partial charge in [-0.2, -0.15) is 0 Å². The van der Waals surface area contributed by atoms with E-state index in [0.29, 0.717) is 19.4 Å². The largest absolute Gasteiger partial charge is 0.444 e.